The smallest absolute Gasteiger partial charge is 0.311 e. The van der Waals surface area contributed by atoms with E-state index >= 15 is 0 Å². The van der Waals surface area contributed by atoms with E-state index in [0.717, 1.165) is 10.8 Å². The lowest BCUT2D eigenvalue weighted by molar-refractivity contribution is -0.226. The molecule has 2 fully saturated rings. The van der Waals surface area contributed by atoms with Crippen molar-refractivity contribution in [2.24, 2.45) is 5.92 Å². The highest BCUT2D eigenvalue weighted by Crippen LogP contribution is 2.44. The average Bonchev–Trinajstić information content (AvgIpc) is 3.09. The highest BCUT2D eigenvalue weighted by molar-refractivity contribution is 6.07. The number of benzene rings is 2. The zero-order valence-electron chi connectivity index (χ0n) is 18.4. The molecule has 8 heteroatoms. The minimum Gasteiger partial charge on any atom is -0.469 e. The van der Waals surface area contributed by atoms with E-state index in [1.807, 2.05) is 42.5 Å². The number of hydrogen-bond donors (Lipinski definition) is 0. The summed E-state index contributed by atoms with van der Waals surface area (Å²) in [5.41, 5.74) is -0.174. The van der Waals surface area contributed by atoms with Crippen LogP contribution in [0, 0.1) is 5.92 Å². The summed E-state index contributed by atoms with van der Waals surface area (Å²) >= 11 is 0. The van der Waals surface area contributed by atoms with Crippen molar-refractivity contribution in [3.8, 4) is 0 Å². The summed E-state index contributed by atoms with van der Waals surface area (Å²) in [5, 5.41) is 3.28. The van der Waals surface area contributed by atoms with E-state index in [9.17, 15) is 14.4 Å². The second-order valence-electron chi connectivity index (χ2n) is 8.22. The minimum atomic E-state index is -0.826. The number of likely N-dealkylation sites (tertiary alicyclic amines) is 1. The lowest BCUT2D eigenvalue weighted by Gasteiger charge is -2.45. The molecule has 4 rings (SSSR count). The Hall–Kier alpha value is -2.97. The highest BCUT2D eigenvalue weighted by atomic mass is 16.7. The largest absolute Gasteiger partial charge is 0.469 e. The number of amides is 2. The number of carbonyl (C=O) groups excluding carboxylic acids is 3. The van der Waals surface area contributed by atoms with Gasteiger partial charge >= 0.3 is 5.97 Å². The third kappa shape index (κ3) is 3.84. The van der Waals surface area contributed by atoms with Gasteiger partial charge in [0.1, 0.15) is 0 Å². The van der Waals surface area contributed by atoms with Crippen LogP contribution in [0.1, 0.15) is 29.6 Å². The first-order chi connectivity index (χ1) is 15.5. The van der Waals surface area contributed by atoms with Gasteiger partial charge in [-0.05, 0) is 29.7 Å². The van der Waals surface area contributed by atoms with E-state index in [4.69, 9.17) is 14.3 Å². The predicted molar refractivity (Wildman–Crippen MR) is 117 cm³/mol. The van der Waals surface area contributed by atoms with Gasteiger partial charge in [-0.25, -0.2) is 5.06 Å². The fourth-order valence-corrected chi connectivity index (χ4v) is 4.93. The van der Waals surface area contributed by atoms with Gasteiger partial charge in [-0.3, -0.25) is 19.2 Å². The molecule has 2 heterocycles. The number of hydroxylamine groups is 2. The molecule has 170 valence electrons. The molecule has 0 aliphatic carbocycles. The van der Waals surface area contributed by atoms with Gasteiger partial charge in [-0.1, -0.05) is 36.4 Å². The Bertz CT molecular complexity index is 1010. The van der Waals surface area contributed by atoms with Gasteiger partial charge in [0.05, 0.1) is 31.8 Å². The SMILES string of the molecule is COCCON1C(=O)CC(C(=O)OC)C12CCN(C(=O)c1cccc3ccccc13)CC2. The van der Waals surface area contributed by atoms with Gasteiger partial charge in [0.25, 0.3) is 5.91 Å². The van der Waals surface area contributed by atoms with Crippen LogP contribution < -0.4 is 0 Å². The molecule has 32 heavy (non-hydrogen) atoms. The number of piperidine rings is 1. The Kier molecular flexibility index (Phi) is 6.43. The number of fused-ring (bicyclic) bond motifs is 1. The minimum absolute atomic E-state index is 0.0386. The summed E-state index contributed by atoms with van der Waals surface area (Å²) in [4.78, 5) is 46.2. The molecule has 8 nitrogen and oxygen atoms in total. The predicted octanol–water partition coefficient (Wildman–Crippen LogP) is 2.41. The molecule has 1 unspecified atom stereocenters. The molecule has 0 aromatic heterocycles. The van der Waals surface area contributed by atoms with Crippen LogP contribution in [-0.4, -0.2) is 73.8 Å². The second kappa shape index (κ2) is 9.26. The zero-order valence-corrected chi connectivity index (χ0v) is 18.4. The van der Waals surface area contributed by atoms with E-state index in [1.54, 1.807) is 12.0 Å². The molecule has 2 aliphatic heterocycles. The monoisotopic (exact) mass is 440 g/mol. The van der Waals surface area contributed by atoms with Gasteiger partial charge in [-0.2, -0.15) is 0 Å². The Balaban J connectivity index is 1.56. The van der Waals surface area contributed by atoms with E-state index < -0.39 is 17.4 Å². The molecule has 2 aromatic rings. The van der Waals surface area contributed by atoms with Crippen molar-refractivity contribution in [2.75, 3.05) is 40.5 Å². The molecule has 1 spiro atoms. The Morgan fingerprint density at radius 3 is 2.47 bits per heavy atom. The van der Waals surface area contributed by atoms with Gasteiger partial charge in [-0.15, -0.1) is 0 Å². The Morgan fingerprint density at radius 2 is 1.75 bits per heavy atom. The maximum atomic E-state index is 13.4. The second-order valence-corrected chi connectivity index (χ2v) is 8.22. The molecule has 0 bridgehead atoms. The van der Waals surface area contributed by atoms with Crippen LogP contribution in [0.3, 0.4) is 0 Å². The van der Waals surface area contributed by atoms with Gasteiger partial charge in [0.2, 0.25) is 5.91 Å². The number of ether oxygens (including phenoxy) is 2. The van der Waals surface area contributed by atoms with Crippen molar-refractivity contribution in [1.29, 1.82) is 0 Å². The number of rotatable bonds is 6. The van der Waals surface area contributed by atoms with Crippen molar-refractivity contribution in [3.05, 3.63) is 48.0 Å². The maximum absolute atomic E-state index is 13.4. The van der Waals surface area contributed by atoms with Crippen molar-refractivity contribution >= 4 is 28.6 Å². The molecular weight excluding hydrogens is 412 g/mol. The first-order valence-electron chi connectivity index (χ1n) is 10.8. The van der Waals surface area contributed by atoms with E-state index in [-0.39, 0.29) is 24.8 Å². The lowest BCUT2D eigenvalue weighted by Crippen LogP contribution is -2.58. The molecule has 1 atom stereocenters. The Labute approximate surface area is 187 Å². The molecular formula is C24H28N2O6. The van der Waals surface area contributed by atoms with Gasteiger partial charge in [0.15, 0.2) is 0 Å². The first-order valence-corrected chi connectivity index (χ1v) is 10.8. The summed E-state index contributed by atoms with van der Waals surface area (Å²) in [7, 11) is 2.88. The number of esters is 1. The van der Waals surface area contributed by atoms with E-state index in [1.165, 1.54) is 12.2 Å². The van der Waals surface area contributed by atoms with Crippen molar-refractivity contribution < 1.29 is 28.7 Å². The van der Waals surface area contributed by atoms with Crippen LogP contribution >= 0.6 is 0 Å². The summed E-state index contributed by atoms with van der Waals surface area (Å²) in [6.45, 7) is 1.35. The normalized spacial score (nSPS) is 20.2. The summed E-state index contributed by atoms with van der Waals surface area (Å²) in [6.07, 6.45) is 0.904. The first kappa shape index (κ1) is 22.2. The molecule has 2 amide bonds. The fraction of sp³-hybridized carbons (Fsp3) is 0.458. The van der Waals surface area contributed by atoms with Crippen LogP contribution in [0.4, 0.5) is 0 Å². The average molecular weight is 440 g/mol. The Morgan fingerprint density at radius 1 is 1.03 bits per heavy atom. The number of methoxy groups -OCH3 is 2. The van der Waals surface area contributed by atoms with E-state index in [0.29, 0.717) is 38.1 Å². The third-order valence-electron chi connectivity index (χ3n) is 6.59. The van der Waals surface area contributed by atoms with Crippen LogP contribution in [0.15, 0.2) is 42.5 Å². The van der Waals surface area contributed by atoms with Crippen LogP contribution in [0.2, 0.25) is 0 Å². The third-order valence-corrected chi connectivity index (χ3v) is 6.59. The maximum Gasteiger partial charge on any atom is 0.311 e. The lowest BCUT2D eigenvalue weighted by atomic mass is 9.77. The molecule has 0 saturated carbocycles. The molecule has 2 saturated heterocycles. The highest BCUT2D eigenvalue weighted by Gasteiger charge is 2.58. The number of hydrogen-bond acceptors (Lipinski definition) is 6. The van der Waals surface area contributed by atoms with Crippen molar-refractivity contribution in [1.82, 2.24) is 9.96 Å². The topological polar surface area (TPSA) is 85.4 Å². The molecule has 0 N–H and O–H groups in total. The molecule has 0 radical (unpaired) electrons. The number of nitrogens with zero attached hydrogens (tertiary/aromatic N) is 2. The summed E-state index contributed by atoms with van der Waals surface area (Å²) in [6, 6.07) is 13.5. The number of carbonyl (C=O) groups is 3. The zero-order chi connectivity index (χ0) is 22.7. The van der Waals surface area contributed by atoms with Crippen LogP contribution in [-0.2, 0) is 23.9 Å². The fourth-order valence-electron chi connectivity index (χ4n) is 4.93. The summed E-state index contributed by atoms with van der Waals surface area (Å²) in [5.74, 6) is -1.35. The van der Waals surface area contributed by atoms with Gasteiger partial charge in [0, 0.05) is 32.2 Å². The van der Waals surface area contributed by atoms with Crippen molar-refractivity contribution in [2.45, 2.75) is 24.8 Å². The standard InChI is InChI=1S/C24H28N2O6/c1-30-14-15-32-26-21(27)16-20(23(29)31-2)24(26)10-12-25(13-11-24)22(28)19-9-5-7-17-6-3-4-8-18(17)19/h3-9,20H,10-16H2,1-2H3. The molecule has 2 aliphatic rings. The van der Waals surface area contributed by atoms with E-state index in [2.05, 4.69) is 0 Å². The van der Waals surface area contributed by atoms with Crippen LogP contribution in [0.5, 0.6) is 0 Å². The quantitative estimate of drug-likeness (QED) is 0.507. The van der Waals surface area contributed by atoms with Crippen molar-refractivity contribution in [3.63, 3.8) is 0 Å². The van der Waals surface area contributed by atoms with Crippen LogP contribution in [0.25, 0.3) is 10.8 Å². The molecule has 2 aromatic carbocycles. The summed E-state index contributed by atoms with van der Waals surface area (Å²) < 4.78 is 10.0. The van der Waals surface area contributed by atoms with Gasteiger partial charge < -0.3 is 14.4 Å².